The molecule has 0 aromatic heterocycles. The highest BCUT2D eigenvalue weighted by Crippen LogP contribution is 2.21. The second-order valence-corrected chi connectivity index (χ2v) is 5.37. The van der Waals surface area contributed by atoms with Crippen LogP contribution < -0.4 is 0 Å². The summed E-state index contributed by atoms with van der Waals surface area (Å²) in [5.41, 5.74) is 0.0804. The van der Waals surface area contributed by atoms with E-state index < -0.39 is 0 Å². The molecule has 0 radical (unpaired) electrons. The van der Waals surface area contributed by atoms with E-state index in [1.807, 2.05) is 0 Å². The first-order valence-electron chi connectivity index (χ1n) is 5.95. The van der Waals surface area contributed by atoms with E-state index >= 15 is 0 Å². The van der Waals surface area contributed by atoms with Crippen molar-refractivity contribution in [1.29, 1.82) is 5.26 Å². The van der Waals surface area contributed by atoms with Crippen LogP contribution >= 0.6 is 0 Å². The molecule has 0 aliphatic carbocycles. The largest absolute Gasteiger partial charge is 0.333 e. The third-order valence-corrected chi connectivity index (χ3v) is 3.22. The zero-order chi connectivity index (χ0) is 13.1. The molecule has 0 aromatic rings. The second kappa shape index (κ2) is 5.33. The van der Waals surface area contributed by atoms with Gasteiger partial charge in [-0.05, 0) is 26.8 Å². The second-order valence-electron chi connectivity index (χ2n) is 5.37. The maximum Gasteiger partial charge on any atom is 0.246 e. The van der Waals surface area contributed by atoms with Gasteiger partial charge in [0.25, 0.3) is 0 Å². The Morgan fingerprint density at radius 2 is 2.18 bits per heavy atom. The van der Waals surface area contributed by atoms with E-state index in [1.165, 1.54) is 6.08 Å². The molecule has 1 heterocycles. The molecule has 4 heteroatoms. The maximum absolute atomic E-state index is 11.7. The molecule has 1 atom stereocenters. The highest BCUT2D eigenvalue weighted by atomic mass is 16.2. The standard InChI is InChI=1S/C13H21N3O/c1-5-12(17)16-9-8-15(13(2,3)4)10-11(16)6-7-14/h5,11H,1,6,8-10H2,2-4H3/t11-/m1/s1. The van der Waals surface area contributed by atoms with Gasteiger partial charge >= 0.3 is 0 Å². The first-order chi connectivity index (χ1) is 7.90. The lowest BCUT2D eigenvalue weighted by molar-refractivity contribution is -0.131. The van der Waals surface area contributed by atoms with Crippen molar-refractivity contribution in [2.45, 2.75) is 38.8 Å². The molecule has 0 aromatic carbocycles. The Kier molecular flexibility index (Phi) is 4.30. The molecule has 0 saturated carbocycles. The van der Waals surface area contributed by atoms with Crippen LogP contribution in [0.4, 0.5) is 0 Å². The van der Waals surface area contributed by atoms with Crippen LogP contribution in [0.5, 0.6) is 0 Å². The van der Waals surface area contributed by atoms with Gasteiger partial charge in [-0.3, -0.25) is 9.69 Å². The van der Waals surface area contributed by atoms with E-state index in [1.54, 1.807) is 4.90 Å². The lowest BCUT2D eigenvalue weighted by Gasteiger charge is -2.46. The van der Waals surface area contributed by atoms with Gasteiger partial charge in [0.1, 0.15) is 0 Å². The highest BCUT2D eigenvalue weighted by molar-refractivity contribution is 5.87. The van der Waals surface area contributed by atoms with Crippen LogP contribution in [0.2, 0.25) is 0 Å². The normalized spacial score (nSPS) is 22.0. The molecule has 17 heavy (non-hydrogen) atoms. The third kappa shape index (κ3) is 3.31. The molecule has 1 aliphatic heterocycles. The minimum absolute atomic E-state index is 0.0153. The Morgan fingerprint density at radius 3 is 2.65 bits per heavy atom. The fourth-order valence-electron chi connectivity index (χ4n) is 2.15. The Balaban J connectivity index is 2.78. The van der Waals surface area contributed by atoms with E-state index in [4.69, 9.17) is 5.26 Å². The van der Waals surface area contributed by atoms with E-state index in [-0.39, 0.29) is 17.5 Å². The summed E-state index contributed by atoms with van der Waals surface area (Å²) in [6.07, 6.45) is 1.71. The summed E-state index contributed by atoms with van der Waals surface area (Å²) in [6.45, 7) is 12.3. The summed E-state index contributed by atoms with van der Waals surface area (Å²) in [4.78, 5) is 15.8. The highest BCUT2D eigenvalue weighted by Gasteiger charge is 2.33. The van der Waals surface area contributed by atoms with Gasteiger partial charge in [0, 0.05) is 25.2 Å². The topological polar surface area (TPSA) is 47.3 Å². The fraction of sp³-hybridized carbons (Fsp3) is 0.692. The summed E-state index contributed by atoms with van der Waals surface area (Å²) in [5.74, 6) is -0.0705. The number of piperazine rings is 1. The van der Waals surface area contributed by atoms with E-state index in [0.29, 0.717) is 13.0 Å². The number of amides is 1. The predicted octanol–water partition coefficient (Wildman–Crippen LogP) is 1.40. The summed E-state index contributed by atoms with van der Waals surface area (Å²) in [5, 5.41) is 8.85. The lowest BCUT2D eigenvalue weighted by atomic mass is 10.0. The van der Waals surface area contributed by atoms with Gasteiger partial charge < -0.3 is 4.90 Å². The number of rotatable bonds is 2. The van der Waals surface area contributed by atoms with Crippen LogP contribution in [0, 0.1) is 11.3 Å². The zero-order valence-electron chi connectivity index (χ0n) is 10.9. The molecule has 4 nitrogen and oxygen atoms in total. The van der Waals surface area contributed by atoms with Crippen molar-refractivity contribution in [1.82, 2.24) is 9.80 Å². The first-order valence-corrected chi connectivity index (χ1v) is 5.95. The Bertz CT molecular complexity index is 338. The summed E-state index contributed by atoms with van der Waals surface area (Å²) < 4.78 is 0. The van der Waals surface area contributed by atoms with Crippen LogP contribution in [-0.2, 0) is 4.79 Å². The molecule has 94 valence electrons. The van der Waals surface area contributed by atoms with Crippen molar-refractivity contribution in [3.8, 4) is 6.07 Å². The van der Waals surface area contributed by atoms with Crippen molar-refractivity contribution in [2.24, 2.45) is 0 Å². The number of carbonyl (C=O) groups is 1. The molecule has 0 spiro atoms. The zero-order valence-corrected chi connectivity index (χ0v) is 10.9. The van der Waals surface area contributed by atoms with Gasteiger partial charge in [-0.25, -0.2) is 0 Å². The SMILES string of the molecule is C=CC(=O)N1CCN(C(C)(C)C)C[C@H]1CC#N. The Hall–Kier alpha value is -1.34. The van der Waals surface area contributed by atoms with E-state index in [2.05, 4.69) is 38.3 Å². The number of nitriles is 1. The Labute approximate surface area is 103 Å². The quantitative estimate of drug-likeness (QED) is 0.680. The van der Waals surface area contributed by atoms with Crippen molar-refractivity contribution >= 4 is 5.91 Å². The van der Waals surface area contributed by atoms with Crippen LogP contribution in [0.25, 0.3) is 0 Å². The van der Waals surface area contributed by atoms with Crippen LogP contribution in [-0.4, -0.2) is 46.9 Å². The average molecular weight is 235 g/mol. The van der Waals surface area contributed by atoms with Gasteiger partial charge in [0.05, 0.1) is 18.5 Å². The van der Waals surface area contributed by atoms with Crippen molar-refractivity contribution in [3.63, 3.8) is 0 Å². The summed E-state index contributed by atoms with van der Waals surface area (Å²) >= 11 is 0. The monoisotopic (exact) mass is 235 g/mol. The molecule has 1 aliphatic rings. The molecule has 0 N–H and O–H groups in total. The number of carbonyl (C=O) groups excluding carboxylic acids is 1. The maximum atomic E-state index is 11.7. The molecular weight excluding hydrogens is 214 g/mol. The lowest BCUT2D eigenvalue weighted by Crippen LogP contribution is -2.59. The van der Waals surface area contributed by atoms with Gasteiger partial charge in [0.15, 0.2) is 0 Å². The third-order valence-electron chi connectivity index (χ3n) is 3.22. The van der Waals surface area contributed by atoms with E-state index in [9.17, 15) is 4.79 Å². The first kappa shape index (κ1) is 13.7. The average Bonchev–Trinajstić information content (AvgIpc) is 2.27. The molecule has 1 rings (SSSR count). The van der Waals surface area contributed by atoms with Crippen molar-refractivity contribution < 1.29 is 4.79 Å². The van der Waals surface area contributed by atoms with Gasteiger partial charge in [-0.1, -0.05) is 6.58 Å². The molecule has 0 unspecified atom stereocenters. The Morgan fingerprint density at radius 1 is 1.53 bits per heavy atom. The molecule has 1 amide bonds. The number of nitrogens with zero attached hydrogens (tertiary/aromatic N) is 3. The van der Waals surface area contributed by atoms with Gasteiger partial charge in [0.2, 0.25) is 5.91 Å². The smallest absolute Gasteiger partial charge is 0.246 e. The molecule has 0 bridgehead atoms. The predicted molar refractivity (Wildman–Crippen MR) is 67.3 cm³/mol. The summed E-state index contributed by atoms with van der Waals surface area (Å²) in [7, 11) is 0. The minimum atomic E-state index is -0.0705. The molecule has 1 fully saturated rings. The number of hydrogen-bond acceptors (Lipinski definition) is 3. The minimum Gasteiger partial charge on any atom is -0.333 e. The fourth-order valence-corrected chi connectivity index (χ4v) is 2.15. The molecule has 1 saturated heterocycles. The van der Waals surface area contributed by atoms with Crippen LogP contribution in [0.3, 0.4) is 0 Å². The van der Waals surface area contributed by atoms with Crippen molar-refractivity contribution in [3.05, 3.63) is 12.7 Å². The van der Waals surface area contributed by atoms with Gasteiger partial charge in [-0.2, -0.15) is 5.26 Å². The van der Waals surface area contributed by atoms with Crippen molar-refractivity contribution in [2.75, 3.05) is 19.6 Å². The molecular formula is C13H21N3O. The summed E-state index contributed by atoms with van der Waals surface area (Å²) in [6, 6.07) is 2.15. The van der Waals surface area contributed by atoms with Crippen LogP contribution in [0.1, 0.15) is 27.2 Å². The van der Waals surface area contributed by atoms with E-state index in [0.717, 1.165) is 13.1 Å². The van der Waals surface area contributed by atoms with Gasteiger partial charge in [-0.15, -0.1) is 0 Å². The van der Waals surface area contributed by atoms with Crippen LogP contribution in [0.15, 0.2) is 12.7 Å². The number of hydrogen-bond donors (Lipinski definition) is 0.